The standard InChI is InChI=1S/C11H12F3N3O4/c12-8(9(13)14)4-2-17(11(20)16-10(4)15)7-1-5(19)6(3-18)21-7/h2,5-7,18-19H,1,3H2,(H2,15,16,20)/t5-,6+,7+/m0/s1. The molecule has 1 saturated heterocycles. The van der Waals surface area contributed by atoms with Crippen molar-refractivity contribution in [1.82, 2.24) is 9.55 Å². The van der Waals surface area contributed by atoms with Crippen LogP contribution < -0.4 is 11.4 Å². The Morgan fingerprint density at radius 3 is 2.71 bits per heavy atom. The van der Waals surface area contributed by atoms with Crippen molar-refractivity contribution >= 4 is 11.6 Å². The van der Waals surface area contributed by atoms with Crippen molar-refractivity contribution in [2.45, 2.75) is 24.9 Å². The highest BCUT2D eigenvalue weighted by atomic mass is 19.3. The highest BCUT2D eigenvalue weighted by Crippen LogP contribution is 2.30. The maximum atomic E-state index is 13.3. The first kappa shape index (κ1) is 15.5. The number of nitrogen functional groups attached to an aromatic ring is 1. The molecule has 10 heteroatoms. The summed E-state index contributed by atoms with van der Waals surface area (Å²) in [6, 6.07) is 0. The summed E-state index contributed by atoms with van der Waals surface area (Å²) in [5.41, 5.74) is 3.55. The second-order valence-corrected chi connectivity index (χ2v) is 4.42. The number of aliphatic hydroxyl groups excluding tert-OH is 2. The van der Waals surface area contributed by atoms with E-state index in [9.17, 15) is 23.1 Å². The molecule has 4 N–H and O–H groups in total. The molecule has 0 radical (unpaired) electrons. The molecular formula is C11H12F3N3O4. The van der Waals surface area contributed by atoms with Crippen LogP contribution in [-0.4, -0.2) is 38.6 Å². The molecule has 1 aliphatic heterocycles. The lowest BCUT2D eigenvalue weighted by Crippen LogP contribution is -2.29. The summed E-state index contributed by atoms with van der Waals surface area (Å²) >= 11 is 0. The van der Waals surface area contributed by atoms with Crippen molar-refractivity contribution in [2.75, 3.05) is 12.3 Å². The van der Waals surface area contributed by atoms with Gasteiger partial charge < -0.3 is 20.7 Å². The van der Waals surface area contributed by atoms with Gasteiger partial charge in [-0.3, -0.25) is 4.57 Å². The normalized spacial score (nSPS) is 25.1. The molecule has 7 nitrogen and oxygen atoms in total. The van der Waals surface area contributed by atoms with E-state index in [-0.39, 0.29) is 6.42 Å². The number of aliphatic hydroxyl groups is 2. The SMILES string of the molecule is Nc1nc(=O)n([C@H]2C[C@H](O)[C@@H](CO)O2)cc1C(F)=C(F)F. The molecule has 0 amide bonds. The Kier molecular flexibility index (Phi) is 4.30. The first-order chi connectivity index (χ1) is 9.85. The molecule has 0 spiro atoms. The lowest BCUT2D eigenvalue weighted by molar-refractivity contribution is -0.0458. The molecule has 0 bridgehead atoms. The Hall–Kier alpha value is -1.91. The fourth-order valence-corrected chi connectivity index (χ4v) is 2.01. The van der Waals surface area contributed by atoms with Gasteiger partial charge in [0.1, 0.15) is 18.1 Å². The molecule has 0 aromatic carbocycles. The first-order valence-electron chi connectivity index (χ1n) is 5.89. The van der Waals surface area contributed by atoms with Crippen molar-refractivity contribution in [2.24, 2.45) is 0 Å². The molecule has 1 aromatic heterocycles. The van der Waals surface area contributed by atoms with Gasteiger partial charge in [0.05, 0.1) is 18.3 Å². The number of ether oxygens (including phenoxy) is 1. The van der Waals surface area contributed by atoms with Crippen molar-refractivity contribution in [3.8, 4) is 0 Å². The third-order valence-corrected chi connectivity index (χ3v) is 3.08. The minimum atomic E-state index is -2.60. The monoisotopic (exact) mass is 307 g/mol. The Morgan fingerprint density at radius 2 is 2.19 bits per heavy atom. The number of nitrogens with two attached hydrogens (primary N) is 1. The van der Waals surface area contributed by atoms with E-state index in [4.69, 9.17) is 15.6 Å². The van der Waals surface area contributed by atoms with Crippen LogP contribution in [0.4, 0.5) is 19.0 Å². The van der Waals surface area contributed by atoms with Crippen molar-refractivity contribution in [3.63, 3.8) is 0 Å². The van der Waals surface area contributed by atoms with Gasteiger partial charge in [-0.05, 0) is 0 Å². The molecule has 2 heterocycles. The van der Waals surface area contributed by atoms with Gasteiger partial charge in [0.15, 0.2) is 0 Å². The molecule has 1 fully saturated rings. The predicted octanol–water partition coefficient (Wildman–Crippen LogP) is 0.000800. The number of hydrogen-bond donors (Lipinski definition) is 3. The number of nitrogens with zero attached hydrogens (tertiary/aromatic N) is 2. The van der Waals surface area contributed by atoms with Gasteiger partial charge in [-0.1, -0.05) is 0 Å². The van der Waals surface area contributed by atoms with E-state index >= 15 is 0 Å². The van der Waals surface area contributed by atoms with Gasteiger partial charge in [-0.25, -0.2) is 9.18 Å². The minimum absolute atomic E-state index is 0.0837. The summed E-state index contributed by atoms with van der Waals surface area (Å²) in [6.07, 6.45) is -4.98. The minimum Gasteiger partial charge on any atom is -0.394 e. The zero-order chi connectivity index (χ0) is 15.7. The molecule has 1 aliphatic rings. The zero-order valence-corrected chi connectivity index (χ0v) is 10.5. The van der Waals surface area contributed by atoms with Gasteiger partial charge in [-0.15, -0.1) is 0 Å². The number of anilines is 1. The van der Waals surface area contributed by atoms with E-state index in [1.807, 2.05) is 0 Å². The quantitative estimate of drug-likeness (QED) is 0.725. The maximum Gasteiger partial charge on any atom is 0.351 e. The largest absolute Gasteiger partial charge is 0.394 e. The smallest absolute Gasteiger partial charge is 0.351 e. The molecule has 0 aliphatic carbocycles. The number of aromatic nitrogens is 2. The Labute approximate surface area is 116 Å². The maximum absolute atomic E-state index is 13.3. The second-order valence-electron chi connectivity index (χ2n) is 4.42. The zero-order valence-electron chi connectivity index (χ0n) is 10.5. The molecule has 1 aromatic rings. The Balaban J connectivity index is 2.44. The van der Waals surface area contributed by atoms with Crippen LogP contribution in [0.2, 0.25) is 0 Å². The lowest BCUT2D eigenvalue weighted by Gasteiger charge is -2.15. The van der Waals surface area contributed by atoms with E-state index in [0.29, 0.717) is 0 Å². The Morgan fingerprint density at radius 1 is 1.52 bits per heavy atom. The van der Waals surface area contributed by atoms with Crippen molar-refractivity contribution in [1.29, 1.82) is 0 Å². The van der Waals surface area contributed by atoms with Crippen LogP contribution in [0, 0.1) is 0 Å². The van der Waals surface area contributed by atoms with Crippen molar-refractivity contribution < 1.29 is 28.1 Å². The molecule has 21 heavy (non-hydrogen) atoms. The highest BCUT2D eigenvalue weighted by Gasteiger charge is 2.35. The van der Waals surface area contributed by atoms with E-state index in [2.05, 4.69) is 4.98 Å². The van der Waals surface area contributed by atoms with Crippen LogP contribution in [0.15, 0.2) is 17.1 Å². The average molecular weight is 307 g/mol. The number of rotatable bonds is 3. The van der Waals surface area contributed by atoms with Crippen molar-refractivity contribution in [3.05, 3.63) is 28.3 Å². The Bertz CT molecular complexity index is 630. The number of hydrogen-bond acceptors (Lipinski definition) is 6. The summed E-state index contributed by atoms with van der Waals surface area (Å²) < 4.78 is 43.8. The van der Waals surface area contributed by atoms with E-state index in [1.165, 1.54) is 0 Å². The summed E-state index contributed by atoms with van der Waals surface area (Å²) in [7, 11) is 0. The summed E-state index contributed by atoms with van der Waals surface area (Å²) in [6.45, 7) is -0.491. The van der Waals surface area contributed by atoms with E-state index in [0.717, 1.165) is 10.8 Å². The van der Waals surface area contributed by atoms with Crippen LogP contribution in [0.1, 0.15) is 18.2 Å². The van der Waals surface area contributed by atoms with Gasteiger partial charge in [0.25, 0.3) is 0 Å². The van der Waals surface area contributed by atoms with Gasteiger partial charge in [0.2, 0.25) is 5.83 Å². The molecule has 116 valence electrons. The van der Waals surface area contributed by atoms with Crippen LogP contribution >= 0.6 is 0 Å². The third-order valence-electron chi connectivity index (χ3n) is 3.08. The molecule has 2 rings (SSSR count). The van der Waals surface area contributed by atoms with E-state index < -0.39 is 54.0 Å². The van der Waals surface area contributed by atoms with E-state index in [1.54, 1.807) is 0 Å². The summed E-state index contributed by atoms with van der Waals surface area (Å²) in [5.74, 6) is -2.58. The number of halogens is 3. The average Bonchev–Trinajstić information content (AvgIpc) is 2.79. The van der Waals surface area contributed by atoms with Crippen LogP contribution in [0.3, 0.4) is 0 Å². The highest BCUT2D eigenvalue weighted by molar-refractivity contribution is 5.67. The summed E-state index contributed by atoms with van der Waals surface area (Å²) in [5, 5.41) is 18.5. The van der Waals surface area contributed by atoms with Gasteiger partial charge in [0, 0.05) is 12.6 Å². The lowest BCUT2D eigenvalue weighted by atomic mass is 10.2. The molecule has 0 unspecified atom stereocenters. The molecule has 3 atom stereocenters. The third kappa shape index (κ3) is 2.91. The van der Waals surface area contributed by atoms with Crippen LogP contribution in [0.5, 0.6) is 0 Å². The fraction of sp³-hybridized carbons (Fsp3) is 0.455. The topological polar surface area (TPSA) is 111 Å². The second kappa shape index (κ2) is 5.84. The van der Waals surface area contributed by atoms with Gasteiger partial charge >= 0.3 is 11.8 Å². The molecule has 0 saturated carbocycles. The molecular weight excluding hydrogens is 295 g/mol. The van der Waals surface area contributed by atoms with Gasteiger partial charge in [-0.2, -0.15) is 13.8 Å². The van der Waals surface area contributed by atoms with Crippen LogP contribution in [-0.2, 0) is 4.74 Å². The predicted molar refractivity (Wildman–Crippen MR) is 64.8 cm³/mol. The fourth-order valence-electron chi connectivity index (χ4n) is 2.01. The van der Waals surface area contributed by atoms with Crippen LogP contribution in [0.25, 0.3) is 5.83 Å². The summed E-state index contributed by atoms with van der Waals surface area (Å²) in [4.78, 5) is 14.9. The first-order valence-corrected chi connectivity index (χ1v) is 5.89.